The Morgan fingerprint density at radius 1 is 1.50 bits per heavy atom. The van der Waals surface area contributed by atoms with Gasteiger partial charge in [0.25, 0.3) is 0 Å². The Hall–Kier alpha value is -1.05. The molecule has 88 valence electrons. The quantitative estimate of drug-likeness (QED) is 0.527. The first-order chi connectivity index (χ1) is 7.72. The summed E-state index contributed by atoms with van der Waals surface area (Å²) in [5, 5.41) is 0. The second kappa shape index (κ2) is 4.86. The summed E-state index contributed by atoms with van der Waals surface area (Å²) in [7, 11) is 0. The van der Waals surface area contributed by atoms with Crippen molar-refractivity contribution in [3.63, 3.8) is 0 Å². The Morgan fingerprint density at radius 2 is 2.31 bits per heavy atom. The van der Waals surface area contributed by atoms with E-state index >= 15 is 0 Å². The zero-order valence-electron chi connectivity index (χ0n) is 10.2. The number of hydrogen-bond acceptors (Lipinski definition) is 2. The van der Waals surface area contributed by atoms with E-state index in [1.54, 1.807) is 0 Å². The number of fused-ring (bicyclic) bond motifs is 1. The highest BCUT2D eigenvalue weighted by Gasteiger charge is 2.31. The Labute approximate surface area is 97.4 Å². The fraction of sp³-hybridized carbons (Fsp3) is 0.643. The first-order valence-electron chi connectivity index (χ1n) is 6.28. The largest absolute Gasteiger partial charge is 0.463 e. The van der Waals surface area contributed by atoms with Crippen LogP contribution in [0.15, 0.2) is 23.3 Å². The predicted octanol–water partition coefficient (Wildman–Crippen LogP) is 3.24. The van der Waals surface area contributed by atoms with Crippen LogP contribution in [-0.4, -0.2) is 12.6 Å². The molecule has 2 unspecified atom stereocenters. The van der Waals surface area contributed by atoms with Crippen LogP contribution in [0.25, 0.3) is 0 Å². The van der Waals surface area contributed by atoms with Crippen molar-refractivity contribution in [1.29, 1.82) is 0 Å². The molecule has 0 saturated heterocycles. The van der Waals surface area contributed by atoms with Crippen molar-refractivity contribution in [3.05, 3.63) is 23.3 Å². The number of allylic oxidation sites excluding steroid dienone is 3. The second-order valence-electron chi connectivity index (χ2n) is 4.83. The standard InChI is InChI=1S/C14H20O2/c1-3-16-14(15)12-6-4-5-11-8-7-10(2)9-13(11)12/h5-6,10,13H,3-4,7-9H2,1-2H3. The van der Waals surface area contributed by atoms with Gasteiger partial charge in [-0.05, 0) is 38.5 Å². The zero-order chi connectivity index (χ0) is 11.5. The van der Waals surface area contributed by atoms with E-state index in [1.807, 2.05) is 13.0 Å². The summed E-state index contributed by atoms with van der Waals surface area (Å²) in [6.45, 7) is 4.60. The molecule has 2 atom stereocenters. The van der Waals surface area contributed by atoms with E-state index in [4.69, 9.17) is 4.74 Å². The van der Waals surface area contributed by atoms with Gasteiger partial charge in [0, 0.05) is 11.5 Å². The molecule has 2 nitrogen and oxygen atoms in total. The van der Waals surface area contributed by atoms with Crippen LogP contribution in [0.4, 0.5) is 0 Å². The molecule has 0 N–H and O–H groups in total. The maximum atomic E-state index is 11.8. The van der Waals surface area contributed by atoms with Crippen LogP contribution in [0.1, 0.15) is 39.5 Å². The minimum atomic E-state index is -0.104. The summed E-state index contributed by atoms with van der Waals surface area (Å²) in [4.78, 5) is 11.8. The van der Waals surface area contributed by atoms with Crippen LogP contribution in [0, 0.1) is 11.8 Å². The van der Waals surface area contributed by atoms with Crippen LogP contribution in [0.5, 0.6) is 0 Å². The van der Waals surface area contributed by atoms with Crippen molar-refractivity contribution in [2.45, 2.75) is 39.5 Å². The first kappa shape index (κ1) is 11.4. The molecule has 0 aromatic heterocycles. The van der Waals surface area contributed by atoms with E-state index in [1.165, 1.54) is 12.0 Å². The summed E-state index contributed by atoms with van der Waals surface area (Å²) in [5.74, 6) is 0.960. The van der Waals surface area contributed by atoms with Crippen molar-refractivity contribution >= 4 is 5.97 Å². The average molecular weight is 220 g/mol. The highest BCUT2D eigenvalue weighted by atomic mass is 16.5. The molecular formula is C14H20O2. The van der Waals surface area contributed by atoms with Crippen molar-refractivity contribution < 1.29 is 9.53 Å². The summed E-state index contributed by atoms with van der Waals surface area (Å²) in [5.41, 5.74) is 2.37. The Kier molecular flexibility index (Phi) is 3.47. The molecule has 0 bridgehead atoms. The molecule has 0 aromatic carbocycles. The number of carbonyl (C=O) groups excluding carboxylic acids is 1. The third-order valence-electron chi connectivity index (χ3n) is 3.62. The molecule has 1 fully saturated rings. The van der Waals surface area contributed by atoms with E-state index in [2.05, 4.69) is 13.0 Å². The van der Waals surface area contributed by atoms with Gasteiger partial charge < -0.3 is 4.74 Å². The van der Waals surface area contributed by atoms with E-state index in [9.17, 15) is 4.79 Å². The number of hydrogen-bond donors (Lipinski definition) is 0. The van der Waals surface area contributed by atoms with Crippen LogP contribution < -0.4 is 0 Å². The first-order valence-corrected chi connectivity index (χ1v) is 6.28. The van der Waals surface area contributed by atoms with Gasteiger partial charge in [-0.3, -0.25) is 0 Å². The van der Waals surface area contributed by atoms with Crippen LogP contribution in [0.3, 0.4) is 0 Å². The summed E-state index contributed by atoms with van der Waals surface area (Å²) in [6, 6.07) is 0. The van der Waals surface area contributed by atoms with Gasteiger partial charge in [0.1, 0.15) is 0 Å². The van der Waals surface area contributed by atoms with Gasteiger partial charge in [-0.2, -0.15) is 0 Å². The van der Waals surface area contributed by atoms with Crippen LogP contribution >= 0.6 is 0 Å². The molecule has 2 aliphatic rings. The van der Waals surface area contributed by atoms with Gasteiger partial charge in [0.2, 0.25) is 0 Å². The van der Waals surface area contributed by atoms with Gasteiger partial charge in [-0.1, -0.05) is 24.6 Å². The van der Waals surface area contributed by atoms with Gasteiger partial charge >= 0.3 is 5.97 Å². The van der Waals surface area contributed by atoms with E-state index < -0.39 is 0 Å². The molecule has 2 aliphatic carbocycles. The van der Waals surface area contributed by atoms with Crippen molar-refractivity contribution in [1.82, 2.24) is 0 Å². The van der Waals surface area contributed by atoms with Crippen LogP contribution in [0.2, 0.25) is 0 Å². The van der Waals surface area contributed by atoms with Gasteiger partial charge in [0.15, 0.2) is 0 Å². The molecule has 0 heterocycles. The number of esters is 1. The highest BCUT2D eigenvalue weighted by molar-refractivity contribution is 5.90. The maximum Gasteiger partial charge on any atom is 0.334 e. The number of ether oxygens (including phenoxy) is 1. The molecule has 2 rings (SSSR count). The van der Waals surface area contributed by atoms with Crippen molar-refractivity contribution in [2.75, 3.05) is 6.61 Å². The van der Waals surface area contributed by atoms with E-state index in [-0.39, 0.29) is 5.97 Å². The summed E-state index contributed by atoms with van der Waals surface area (Å²) < 4.78 is 5.13. The second-order valence-corrected chi connectivity index (χ2v) is 4.83. The average Bonchev–Trinajstić information content (AvgIpc) is 2.28. The van der Waals surface area contributed by atoms with E-state index in [0.717, 1.165) is 30.8 Å². The molecule has 16 heavy (non-hydrogen) atoms. The predicted molar refractivity (Wildman–Crippen MR) is 63.9 cm³/mol. The van der Waals surface area contributed by atoms with Crippen molar-refractivity contribution in [2.24, 2.45) is 11.8 Å². The van der Waals surface area contributed by atoms with Crippen LogP contribution in [-0.2, 0) is 9.53 Å². The molecule has 0 radical (unpaired) electrons. The van der Waals surface area contributed by atoms with Gasteiger partial charge in [-0.15, -0.1) is 0 Å². The lowest BCUT2D eigenvalue weighted by Gasteiger charge is -2.32. The Morgan fingerprint density at radius 3 is 3.06 bits per heavy atom. The Bertz CT molecular complexity index is 339. The lowest BCUT2D eigenvalue weighted by molar-refractivity contribution is -0.139. The monoisotopic (exact) mass is 220 g/mol. The summed E-state index contributed by atoms with van der Waals surface area (Å²) in [6.07, 6.45) is 8.76. The third kappa shape index (κ3) is 2.21. The molecule has 1 saturated carbocycles. The fourth-order valence-electron chi connectivity index (χ4n) is 2.75. The van der Waals surface area contributed by atoms with Gasteiger partial charge in [0.05, 0.1) is 6.61 Å². The lowest BCUT2D eigenvalue weighted by atomic mass is 9.72. The molecular weight excluding hydrogens is 200 g/mol. The Balaban J connectivity index is 2.14. The number of carbonyl (C=O) groups is 1. The minimum Gasteiger partial charge on any atom is -0.463 e. The normalized spacial score (nSPS) is 28.9. The SMILES string of the molecule is CCOC(=O)C1=CCC=C2CCC(C)CC21. The molecule has 0 aromatic rings. The summed E-state index contributed by atoms with van der Waals surface area (Å²) >= 11 is 0. The fourth-order valence-corrected chi connectivity index (χ4v) is 2.75. The molecule has 0 aliphatic heterocycles. The molecule has 2 heteroatoms. The van der Waals surface area contributed by atoms with E-state index in [0.29, 0.717) is 12.5 Å². The topological polar surface area (TPSA) is 26.3 Å². The minimum absolute atomic E-state index is 0.104. The molecule has 0 amide bonds. The lowest BCUT2D eigenvalue weighted by Crippen LogP contribution is -2.25. The molecule has 0 spiro atoms. The third-order valence-corrected chi connectivity index (χ3v) is 3.62. The van der Waals surface area contributed by atoms with Crippen molar-refractivity contribution in [3.8, 4) is 0 Å². The maximum absolute atomic E-state index is 11.8. The highest BCUT2D eigenvalue weighted by Crippen LogP contribution is 2.40. The smallest absolute Gasteiger partial charge is 0.334 e. The van der Waals surface area contributed by atoms with Gasteiger partial charge in [-0.25, -0.2) is 4.79 Å². The zero-order valence-corrected chi connectivity index (χ0v) is 10.2. The number of rotatable bonds is 2.